The summed E-state index contributed by atoms with van der Waals surface area (Å²) in [4.78, 5) is 27.7. The van der Waals surface area contributed by atoms with Gasteiger partial charge >= 0.3 is 5.97 Å². The van der Waals surface area contributed by atoms with Crippen LogP contribution in [-0.2, 0) is 9.53 Å². The molecular formula is C36H31NO3P+. The van der Waals surface area contributed by atoms with E-state index >= 15 is 0 Å². The summed E-state index contributed by atoms with van der Waals surface area (Å²) >= 11 is 0. The van der Waals surface area contributed by atoms with E-state index in [1.54, 1.807) is 31.2 Å². The smallest absolute Gasteiger partial charge is 0.359 e. The summed E-state index contributed by atoms with van der Waals surface area (Å²) in [7, 11) is -2.80. The summed E-state index contributed by atoms with van der Waals surface area (Å²) in [6.07, 6.45) is 0. The molecule has 0 bridgehead atoms. The molecule has 5 heteroatoms. The fraction of sp³-hybridized carbons (Fsp3) is 0.0556. The largest absolute Gasteiger partial charge is 0.461 e. The minimum atomic E-state index is -2.80. The molecule has 0 radical (unpaired) electrons. The molecule has 0 aliphatic rings. The number of carbonyl (C=O) groups is 2. The molecule has 4 nitrogen and oxygen atoms in total. The van der Waals surface area contributed by atoms with E-state index in [0.717, 1.165) is 26.8 Å². The molecule has 0 unspecified atom stereocenters. The van der Waals surface area contributed by atoms with Crippen LogP contribution in [0.1, 0.15) is 22.8 Å². The van der Waals surface area contributed by atoms with Crippen LogP contribution in [0.3, 0.4) is 0 Å². The van der Waals surface area contributed by atoms with Gasteiger partial charge < -0.3 is 10.1 Å². The first kappa shape index (κ1) is 27.8. The van der Waals surface area contributed by atoms with E-state index in [2.05, 4.69) is 41.7 Å². The number of ether oxygens (including phenoxy) is 1. The predicted molar refractivity (Wildman–Crippen MR) is 169 cm³/mol. The van der Waals surface area contributed by atoms with Crippen molar-refractivity contribution >= 4 is 40.4 Å². The molecule has 0 aliphatic heterocycles. The average molecular weight is 557 g/mol. The highest BCUT2D eigenvalue weighted by atomic mass is 31.2. The van der Waals surface area contributed by atoms with E-state index in [-0.39, 0.29) is 18.2 Å². The van der Waals surface area contributed by atoms with E-state index in [1.807, 2.05) is 91.0 Å². The fourth-order valence-corrected chi connectivity index (χ4v) is 9.62. The standard InChI is InChI=1S/C36H30NO3P/c1-2-40-36(39)33(37-35(38)29-20-10-4-11-21-29)34(28-18-8-3-9-19-28)41(30-22-12-5-13-23-30,31-24-14-6-15-25-31)32-26-16-7-17-27-32/h3-27H,2H2,1H3/p+1/b34-33+. The Bertz CT molecular complexity index is 1530. The third kappa shape index (κ3) is 5.75. The van der Waals surface area contributed by atoms with Crippen molar-refractivity contribution < 1.29 is 14.3 Å². The maximum absolute atomic E-state index is 14.0. The van der Waals surface area contributed by atoms with Crippen molar-refractivity contribution in [2.24, 2.45) is 0 Å². The van der Waals surface area contributed by atoms with E-state index in [4.69, 9.17) is 4.74 Å². The van der Waals surface area contributed by atoms with Crippen molar-refractivity contribution in [2.45, 2.75) is 6.92 Å². The molecule has 1 N–H and O–H groups in total. The minimum absolute atomic E-state index is 0.136. The van der Waals surface area contributed by atoms with Gasteiger partial charge in [-0.15, -0.1) is 0 Å². The summed E-state index contributed by atoms with van der Waals surface area (Å²) in [6.45, 7) is 1.93. The first-order valence-corrected chi connectivity index (χ1v) is 15.3. The van der Waals surface area contributed by atoms with E-state index in [9.17, 15) is 9.59 Å². The van der Waals surface area contributed by atoms with Gasteiger partial charge in [0, 0.05) is 11.1 Å². The maximum atomic E-state index is 14.0. The lowest BCUT2D eigenvalue weighted by Gasteiger charge is -2.31. The number of carbonyl (C=O) groups excluding carboxylic acids is 2. The lowest BCUT2D eigenvalue weighted by molar-refractivity contribution is -0.138. The zero-order chi connectivity index (χ0) is 28.5. The molecule has 5 aromatic rings. The summed E-state index contributed by atoms with van der Waals surface area (Å²) in [5, 5.41) is 6.90. The number of rotatable bonds is 9. The van der Waals surface area contributed by atoms with Crippen LogP contribution in [0.5, 0.6) is 0 Å². The highest BCUT2D eigenvalue weighted by Gasteiger charge is 2.53. The zero-order valence-electron chi connectivity index (χ0n) is 22.8. The second kappa shape index (κ2) is 13.0. The van der Waals surface area contributed by atoms with Crippen LogP contribution in [-0.4, -0.2) is 18.5 Å². The average Bonchev–Trinajstić information content (AvgIpc) is 3.05. The maximum Gasteiger partial charge on any atom is 0.359 e. The quantitative estimate of drug-likeness (QED) is 0.131. The molecular weight excluding hydrogens is 525 g/mol. The summed E-state index contributed by atoms with van der Waals surface area (Å²) < 4.78 is 5.65. The lowest BCUT2D eigenvalue weighted by Crippen LogP contribution is -2.36. The minimum Gasteiger partial charge on any atom is -0.461 e. The van der Waals surface area contributed by atoms with Gasteiger partial charge in [0.05, 0.1) is 6.61 Å². The number of nitrogens with one attached hydrogen (secondary N) is 1. The van der Waals surface area contributed by atoms with Gasteiger partial charge in [-0.05, 0) is 55.5 Å². The molecule has 0 aromatic heterocycles. The summed E-state index contributed by atoms with van der Waals surface area (Å²) in [5.74, 6) is -0.961. The molecule has 0 atom stereocenters. The van der Waals surface area contributed by atoms with Crippen molar-refractivity contribution in [1.29, 1.82) is 0 Å². The van der Waals surface area contributed by atoms with Crippen LogP contribution < -0.4 is 21.2 Å². The first-order chi connectivity index (χ1) is 20.2. The third-order valence-corrected chi connectivity index (χ3v) is 11.2. The van der Waals surface area contributed by atoms with Crippen LogP contribution in [0.4, 0.5) is 0 Å². The van der Waals surface area contributed by atoms with Gasteiger partial charge in [0.1, 0.15) is 28.5 Å². The van der Waals surface area contributed by atoms with Crippen LogP contribution in [0.25, 0.3) is 5.31 Å². The van der Waals surface area contributed by atoms with Crippen molar-refractivity contribution in [1.82, 2.24) is 5.32 Å². The second-order valence-electron chi connectivity index (χ2n) is 9.31. The van der Waals surface area contributed by atoms with Crippen molar-refractivity contribution in [3.8, 4) is 0 Å². The van der Waals surface area contributed by atoms with Gasteiger partial charge in [-0.25, -0.2) is 4.79 Å². The highest BCUT2D eigenvalue weighted by molar-refractivity contribution is 8.03. The Morgan fingerprint density at radius 2 is 0.927 bits per heavy atom. The van der Waals surface area contributed by atoms with Crippen molar-refractivity contribution in [3.63, 3.8) is 0 Å². The Labute approximate surface area is 241 Å². The van der Waals surface area contributed by atoms with Crippen LogP contribution in [0.2, 0.25) is 0 Å². The molecule has 5 rings (SSSR count). The third-order valence-electron chi connectivity index (χ3n) is 6.80. The van der Waals surface area contributed by atoms with Gasteiger partial charge in [-0.1, -0.05) is 103 Å². The molecule has 0 heterocycles. The number of benzene rings is 5. The topological polar surface area (TPSA) is 55.4 Å². The second-order valence-corrected chi connectivity index (χ2v) is 12.6. The number of hydrogen-bond donors (Lipinski definition) is 1. The Hall–Kier alpha value is -4.79. The van der Waals surface area contributed by atoms with E-state index < -0.39 is 13.2 Å². The first-order valence-electron chi connectivity index (χ1n) is 13.6. The number of esters is 1. The van der Waals surface area contributed by atoms with Gasteiger partial charge in [0.15, 0.2) is 5.70 Å². The van der Waals surface area contributed by atoms with Crippen molar-refractivity contribution in [2.75, 3.05) is 6.61 Å². The van der Waals surface area contributed by atoms with Crippen LogP contribution in [0.15, 0.2) is 157 Å². The Morgan fingerprint density at radius 3 is 1.32 bits per heavy atom. The molecule has 0 fully saturated rings. The molecule has 202 valence electrons. The van der Waals surface area contributed by atoms with E-state index in [0.29, 0.717) is 5.56 Å². The van der Waals surface area contributed by atoms with Gasteiger partial charge in [-0.3, -0.25) is 4.79 Å². The molecule has 0 aliphatic carbocycles. The van der Waals surface area contributed by atoms with E-state index in [1.165, 1.54) is 0 Å². The molecule has 0 spiro atoms. The van der Waals surface area contributed by atoms with Crippen molar-refractivity contribution in [3.05, 3.63) is 168 Å². The predicted octanol–water partition coefficient (Wildman–Crippen LogP) is 6.34. The molecule has 1 amide bonds. The van der Waals surface area contributed by atoms with Crippen LogP contribution in [0, 0.1) is 0 Å². The fourth-order valence-electron chi connectivity index (χ4n) is 5.08. The monoisotopic (exact) mass is 556 g/mol. The Morgan fingerprint density at radius 1 is 0.561 bits per heavy atom. The molecule has 0 saturated heterocycles. The molecule has 41 heavy (non-hydrogen) atoms. The Balaban J connectivity index is 1.96. The highest BCUT2D eigenvalue weighted by Crippen LogP contribution is 2.67. The lowest BCUT2D eigenvalue weighted by atomic mass is 10.1. The number of hydrogen-bond acceptors (Lipinski definition) is 3. The molecule has 5 aromatic carbocycles. The summed E-state index contributed by atoms with van der Waals surface area (Å²) in [5.41, 5.74) is 1.41. The Kier molecular flexibility index (Phi) is 8.83. The van der Waals surface area contributed by atoms with Gasteiger partial charge in [0.25, 0.3) is 5.91 Å². The van der Waals surface area contributed by atoms with Gasteiger partial charge in [0.2, 0.25) is 0 Å². The number of amides is 1. The SMILES string of the molecule is CCOC(=O)/C(NC(=O)c1ccccc1)=C(/c1ccccc1)[P+](c1ccccc1)(c1ccccc1)c1ccccc1. The molecule has 0 saturated carbocycles. The van der Waals surface area contributed by atoms with Gasteiger partial charge in [-0.2, -0.15) is 0 Å². The normalized spacial score (nSPS) is 11.7. The zero-order valence-corrected chi connectivity index (χ0v) is 23.7. The summed E-state index contributed by atoms with van der Waals surface area (Å²) in [6, 6.07) is 49.5. The van der Waals surface area contributed by atoms with Crippen LogP contribution >= 0.6 is 7.26 Å².